The molecule has 196 valence electrons. The molecule has 3 nitrogen and oxygen atoms in total. The van der Waals surface area contributed by atoms with Gasteiger partial charge in [-0.15, -0.1) is 0 Å². The first-order valence-electron chi connectivity index (χ1n) is 14.6. The van der Waals surface area contributed by atoms with E-state index in [0.717, 1.165) is 41.9 Å². The highest BCUT2D eigenvalue weighted by Gasteiger charge is 2.59. The van der Waals surface area contributed by atoms with Gasteiger partial charge in [-0.1, -0.05) is 65.5 Å². The van der Waals surface area contributed by atoms with Crippen LogP contribution in [0.1, 0.15) is 105 Å². The molecule has 0 spiro atoms. The molecule has 0 aromatic carbocycles. The van der Waals surface area contributed by atoms with Crippen molar-refractivity contribution in [1.29, 1.82) is 0 Å². The maximum absolute atomic E-state index is 6.24. The summed E-state index contributed by atoms with van der Waals surface area (Å²) in [5.74, 6) is 5.42. The van der Waals surface area contributed by atoms with Crippen LogP contribution in [-0.4, -0.2) is 33.2 Å². The minimum absolute atomic E-state index is 0.253. The average Bonchev–Trinajstić information content (AvgIpc) is 3.16. The molecule has 4 aliphatic rings. The molecule has 0 saturated heterocycles. The SMILES string of the molecule is COC(CO[C@H]1CC[C@@]2(C)C(=CCC3C2CC[C@@]2(C)C3CC[C@@H]2[C@H](C)CCCC(C)C)C1)OC. The maximum atomic E-state index is 6.24. The zero-order valence-electron chi connectivity index (χ0n) is 23.4. The summed E-state index contributed by atoms with van der Waals surface area (Å²) in [5, 5.41) is 0. The first-order valence-corrected chi connectivity index (χ1v) is 14.6. The van der Waals surface area contributed by atoms with Crippen molar-refractivity contribution in [1.82, 2.24) is 0 Å². The summed E-state index contributed by atoms with van der Waals surface area (Å²) in [7, 11) is 3.38. The first-order chi connectivity index (χ1) is 16.2. The number of hydrogen-bond acceptors (Lipinski definition) is 3. The minimum Gasteiger partial charge on any atom is -0.373 e. The van der Waals surface area contributed by atoms with Gasteiger partial charge >= 0.3 is 0 Å². The summed E-state index contributed by atoms with van der Waals surface area (Å²) in [6.07, 6.45) is 17.8. The Labute approximate surface area is 210 Å². The molecule has 0 bridgehead atoms. The van der Waals surface area contributed by atoms with Gasteiger partial charge in [-0.25, -0.2) is 0 Å². The fourth-order valence-corrected chi connectivity index (χ4v) is 9.24. The van der Waals surface area contributed by atoms with Crippen molar-refractivity contribution in [2.45, 2.75) is 118 Å². The Morgan fingerprint density at radius 1 is 0.941 bits per heavy atom. The van der Waals surface area contributed by atoms with E-state index < -0.39 is 0 Å². The van der Waals surface area contributed by atoms with E-state index in [9.17, 15) is 0 Å². The van der Waals surface area contributed by atoms with Crippen molar-refractivity contribution < 1.29 is 14.2 Å². The van der Waals surface area contributed by atoms with E-state index in [0.29, 0.717) is 23.5 Å². The molecule has 0 N–H and O–H groups in total. The fraction of sp³-hybridized carbons (Fsp3) is 0.935. The van der Waals surface area contributed by atoms with Crippen molar-refractivity contribution in [3.05, 3.63) is 11.6 Å². The third-order valence-corrected chi connectivity index (χ3v) is 11.3. The van der Waals surface area contributed by atoms with E-state index >= 15 is 0 Å². The van der Waals surface area contributed by atoms with Gasteiger partial charge in [0.1, 0.15) is 0 Å². The van der Waals surface area contributed by atoms with Crippen LogP contribution in [0.5, 0.6) is 0 Å². The Morgan fingerprint density at radius 2 is 1.71 bits per heavy atom. The highest BCUT2D eigenvalue weighted by molar-refractivity contribution is 5.25. The third kappa shape index (κ3) is 5.05. The number of methoxy groups -OCH3 is 2. The van der Waals surface area contributed by atoms with E-state index in [1.807, 2.05) is 0 Å². The Hall–Kier alpha value is -0.380. The third-order valence-electron chi connectivity index (χ3n) is 11.3. The lowest BCUT2D eigenvalue weighted by molar-refractivity contribution is -0.156. The second-order valence-electron chi connectivity index (χ2n) is 13.4. The largest absolute Gasteiger partial charge is 0.373 e. The van der Waals surface area contributed by atoms with Crippen LogP contribution in [0, 0.1) is 46.3 Å². The Balaban J connectivity index is 1.41. The van der Waals surface area contributed by atoms with E-state index in [1.165, 1.54) is 64.2 Å². The van der Waals surface area contributed by atoms with E-state index in [2.05, 4.69) is 40.7 Å². The molecule has 4 rings (SSSR count). The molecule has 0 aromatic rings. The number of ether oxygens (including phenoxy) is 3. The van der Waals surface area contributed by atoms with Gasteiger partial charge in [-0.2, -0.15) is 0 Å². The van der Waals surface area contributed by atoms with Gasteiger partial charge in [-0.3, -0.25) is 0 Å². The Bertz CT molecular complexity index is 697. The van der Waals surface area contributed by atoms with Crippen molar-refractivity contribution in [2.75, 3.05) is 20.8 Å². The molecule has 0 aliphatic heterocycles. The van der Waals surface area contributed by atoms with Crippen LogP contribution in [0.2, 0.25) is 0 Å². The molecule has 0 amide bonds. The van der Waals surface area contributed by atoms with Crippen LogP contribution in [0.25, 0.3) is 0 Å². The highest BCUT2D eigenvalue weighted by Crippen LogP contribution is 2.67. The average molecular weight is 475 g/mol. The molecule has 3 saturated carbocycles. The molecule has 0 radical (unpaired) electrons. The number of hydrogen-bond donors (Lipinski definition) is 0. The quantitative estimate of drug-likeness (QED) is 0.237. The van der Waals surface area contributed by atoms with Crippen LogP contribution in [0.3, 0.4) is 0 Å². The number of fused-ring (bicyclic) bond motifs is 5. The Kier molecular flexibility index (Phi) is 8.58. The zero-order valence-corrected chi connectivity index (χ0v) is 23.4. The van der Waals surface area contributed by atoms with Crippen molar-refractivity contribution in [2.24, 2.45) is 46.3 Å². The van der Waals surface area contributed by atoms with Crippen molar-refractivity contribution in [3.63, 3.8) is 0 Å². The lowest BCUT2D eigenvalue weighted by Crippen LogP contribution is -2.51. The predicted octanol–water partition coefficient (Wildman–Crippen LogP) is 8.03. The molecule has 8 atom stereocenters. The molecular weight excluding hydrogens is 420 g/mol. The molecule has 3 fully saturated rings. The summed E-state index contributed by atoms with van der Waals surface area (Å²) in [5.41, 5.74) is 2.68. The van der Waals surface area contributed by atoms with Crippen molar-refractivity contribution in [3.8, 4) is 0 Å². The minimum atomic E-state index is -0.253. The van der Waals surface area contributed by atoms with Crippen molar-refractivity contribution >= 4 is 0 Å². The smallest absolute Gasteiger partial charge is 0.180 e. The molecular formula is C31H54O3. The highest BCUT2D eigenvalue weighted by atomic mass is 16.7. The Morgan fingerprint density at radius 3 is 2.41 bits per heavy atom. The summed E-state index contributed by atoms with van der Waals surface area (Å²) in [4.78, 5) is 0. The number of allylic oxidation sites excluding steroid dienone is 1. The van der Waals surface area contributed by atoms with Gasteiger partial charge in [0, 0.05) is 14.2 Å². The van der Waals surface area contributed by atoms with Crippen LogP contribution in [0.15, 0.2) is 11.6 Å². The number of rotatable bonds is 10. The van der Waals surface area contributed by atoms with Crippen LogP contribution >= 0.6 is 0 Å². The molecule has 3 unspecified atom stereocenters. The molecule has 3 heteroatoms. The van der Waals surface area contributed by atoms with Crippen LogP contribution in [-0.2, 0) is 14.2 Å². The van der Waals surface area contributed by atoms with Crippen LogP contribution in [0.4, 0.5) is 0 Å². The second-order valence-corrected chi connectivity index (χ2v) is 13.4. The summed E-state index contributed by atoms with van der Waals surface area (Å²) >= 11 is 0. The van der Waals surface area contributed by atoms with Gasteiger partial charge in [0.15, 0.2) is 6.29 Å². The maximum Gasteiger partial charge on any atom is 0.180 e. The zero-order chi connectivity index (χ0) is 24.5. The second kappa shape index (κ2) is 10.9. The normalized spacial score (nSPS) is 40.6. The van der Waals surface area contributed by atoms with Crippen LogP contribution < -0.4 is 0 Å². The first kappa shape index (κ1) is 26.7. The lowest BCUT2D eigenvalue weighted by Gasteiger charge is -2.58. The predicted molar refractivity (Wildman–Crippen MR) is 141 cm³/mol. The summed E-state index contributed by atoms with van der Waals surface area (Å²) in [6.45, 7) is 13.2. The van der Waals surface area contributed by atoms with Gasteiger partial charge in [-0.05, 0) is 97.7 Å². The van der Waals surface area contributed by atoms with Gasteiger partial charge in [0.25, 0.3) is 0 Å². The van der Waals surface area contributed by atoms with Gasteiger partial charge in [0.05, 0.1) is 12.7 Å². The van der Waals surface area contributed by atoms with E-state index in [4.69, 9.17) is 14.2 Å². The fourth-order valence-electron chi connectivity index (χ4n) is 9.24. The standard InChI is InChI=1S/C31H54O3/c1-21(2)9-8-10-22(3)26-13-14-27-25-12-11-23-19-24(34-20-29(32-6)33-7)15-17-30(23,4)28(25)16-18-31(26,27)5/h11,21-22,24-29H,8-10,12-20H2,1-7H3/t22-,24+,25?,26-,27?,28?,30+,31-/m1/s1. The topological polar surface area (TPSA) is 27.7 Å². The summed E-state index contributed by atoms with van der Waals surface area (Å²) < 4.78 is 16.9. The van der Waals surface area contributed by atoms with Gasteiger partial charge < -0.3 is 14.2 Å². The summed E-state index contributed by atoms with van der Waals surface area (Å²) in [6, 6.07) is 0. The van der Waals surface area contributed by atoms with E-state index in [-0.39, 0.29) is 6.29 Å². The lowest BCUT2D eigenvalue weighted by atomic mass is 9.47. The van der Waals surface area contributed by atoms with Gasteiger partial charge in [0.2, 0.25) is 0 Å². The monoisotopic (exact) mass is 474 g/mol. The molecule has 34 heavy (non-hydrogen) atoms. The molecule has 0 heterocycles. The molecule has 0 aromatic heterocycles. The van der Waals surface area contributed by atoms with E-state index in [1.54, 1.807) is 19.8 Å². The molecule has 4 aliphatic carbocycles.